The fourth-order valence-corrected chi connectivity index (χ4v) is 3.09. The summed E-state index contributed by atoms with van der Waals surface area (Å²) in [4.78, 5) is 4.18. The third kappa shape index (κ3) is 4.28. The lowest BCUT2D eigenvalue weighted by Gasteiger charge is -2.23. The van der Waals surface area contributed by atoms with Gasteiger partial charge in [-0.05, 0) is 49.6 Å². The summed E-state index contributed by atoms with van der Waals surface area (Å²) in [6.07, 6.45) is 3.44. The average molecular weight is 386 g/mol. The highest BCUT2D eigenvalue weighted by atomic mass is 19.2. The first-order valence-electron chi connectivity index (χ1n) is 9.07. The molecule has 0 aliphatic carbocycles. The number of hydrogen-bond donors (Lipinski definition) is 1. The van der Waals surface area contributed by atoms with Crippen LogP contribution >= 0.6 is 0 Å². The van der Waals surface area contributed by atoms with E-state index in [1.165, 1.54) is 17.1 Å². The fourth-order valence-electron chi connectivity index (χ4n) is 3.09. The fraction of sp³-hybridized carbons (Fsp3) is 0.300. The van der Waals surface area contributed by atoms with E-state index in [4.69, 9.17) is 9.47 Å². The number of rotatable bonds is 5. The molecule has 1 aliphatic heterocycles. The van der Waals surface area contributed by atoms with Crippen LogP contribution in [0.1, 0.15) is 18.4 Å². The summed E-state index contributed by atoms with van der Waals surface area (Å²) in [6, 6.07) is 9.34. The second-order valence-corrected chi connectivity index (χ2v) is 6.73. The van der Waals surface area contributed by atoms with Crippen LogP contribution in [-0.4, -0.2) is 34.1 Å². The van der Waals surface area contributed by atoms with Crippen molar-refractivity contribution < 1.29 is 18.3 Å². The zero-order valence-electron chi connectivity index (χ0n) is 15.4. The van der Waals surface area contributed by atoms with Gasteiger partial charge in [-0.3, -0.25) is 0 Å². The molecule has 4 rings (SSSR count). The van der Waals surface area contributed by atoms with Gasteiger partial charge in [0.2, 0.25) is 5.95 Å². The van der Waals surface area contributed by atoms with E-state index >= 15 is 0 Å². The summed E-state index contributed by atoms with van der Waals surface area (Å²) in [7, 11) is 0. The van der Waals surface area contributed by atoms with Gasteiger partial charge in [0.25, 0.3) is 0 Å². The maximum Gasteiger partial charge on any atom is 0.246 e. The summed E-state index contributed by atoms with van der Waals surface area (Å²) >= 11 is 0. The summed E-state index contributed by atoms with van der Waals surface area (Å²) < 4.78 is 39.4. The molecule has 1 aromatic heterocycles. The van der Waals surface area contributed by atoms with Crippen LogP contribution in [0.25, 0.3) is 5.69 Å². The normalized spacial score (nSPS) is 16.8. The Hall–Kier alpha value is -3.00. The van der Waals surface area contributed by atoms with Crippen molar-refractivity contribution in [2.24, 2.45) is 0 Å². The largest absolute Gasteiger partial charge is 0.488 e. The summed E-state index contributed by atoms with van der Waals surface area (Å²) in [5.74, 6) is -0.757. The minimum absolute atomic E-state index is 0.0501. The van der Waals surface area contributed by atoms with Gasteiger partial charge in [0.15, 0.2) is 11.6 Å². The number of ether oxygens (including phenoxy) is 2. The predicted octanol–water partition coefficient (Wildman–Crippen LogP) is 4.16. The third-order valence-electron chi connectivity index (χ3n) is 4.39. The Morgan fingerprint density at radius 2 is 2.07 bits per heavy atom. The smallest absolute Gasteiger partial charge is 0.246 e. The van der Waals surface area contributed by atoms with Crippen molar-refractivity contribution in [3.8, 4) is 11.4 Å². The standard InChI is InChI=1S/C20H20F2N4O2/c1-13-7-14(9-17(8-13)28-16-3-2-6-27-11-16)24-20-23-12-26(25-20)15-4-5-18(21)19(22)10-15/h4-5,7-10,12,16H,2-3,6,11H2,1H3,(H,24,25). The van der Waals surface area contributed by atoms with Crippen LogP contribution in [0.3, 0.4) is 0 Å². The summed E-state index contributed by atoms with van der Waals surface area (Å²) in [5, 5.41) is 7.38. The van der Waals surface area contributed by atoms with Crippen LogP contribution in [0.5, 0.6) is 5.75 Å². The van der Waals surface area contributed by atoms with Crippen LogP contribution in [0.15, 0.2) is 42.7 Å². The predicted molar refractivity (Wildman–Crippen MR) is 100 cm³/mol. The van der Waals surface area contributed by atoms with Crippen LogP contribution in [0.2, 0.25) is 0 Å². The zero-order chi connectivity index (χ0) is 19.5. The van der Waals surface area contributed by atoms with Gasteiger partial charge in [-0.2, -0.15) is 4.98 Å². The van der Waals surface area contributed by atoms with Crippen molar-refractivity contribution in [3.05, 3.63) is 59.9 Å². The number of hydrogen-bond acceptors (Lipinski definition) is 5. The monoisotopic (exact) mass is 386 g/mol. The van der Waals surface area contributed by atoms with E-state index in [-0.39, 0.29) is 6.10 Å². The topological polar surface area (TPSA) is 61.2 Å². The van der Waals surface area contributed by atoms with Crippen molar-refractivity contribution in [3.63, 3.8) is 0 Å². The van der Waals surface area contributed by atoms with E-state index < -0.39 is 11.6 Å². The second-order valence-electron chi connectivity index (χ2n) is 6.73. The first-order valence-corrected chi connectivity index (χ1v) is 9.07. The van der Waals surface area contributed by atoms with E-state index in [0.29, 0.717) is 18.2 Å². The Balaban J connectivity index is 1.49. The highest BCUT2D eigenvalue weighted by Crippen LogP contribution is 2.25. The number of anilines is 2. The number of nitrogens with zero attached hydrogens (tertiary/aromatic N) is 3. The van der Waals surface area contributed by atoms with Crippen molar-refractivity contribution in [1.82, 2.24) is 14.8 Å². The van der Waals surface area contributed by atoms with Gasteiger partial charge < -0.3 is 14.8 Å². The molecule has 0 bridgehead atoms. The molecule has 3 aromatic rings. The van der Waals surface area contributed by atoms with Crippen LogP contribution in [-0.2, 0) is 4.74 Å². The minimum atomic E-state index is -0.935. The van der Waals surface area contributed by atoms with Gasteiger partial charge in [-0.15, -0.1) is 5.10 Å². The molecule has 1 unspecified atom stereocenters. The molecule has 0 amide bonds. The zero-order valence-corrected chi connectivity index (χ0v) is 15.4. The van der Waals surface area contributed by atoms with Gasteiger partial charge in [0.1, 0.15) is 18.2 Å². The van der Waals surface area contributed by atoms with E-state index in [1.54, 1.807) is 0 Å². The molecule has 28 heavy (non-hydrogen) atoms. The Kier molecular flexibility index (Phi) is 5.21. The number of halogens is 2. The molecular weight excluding hydrogens is 366 g/mol. The molecule has 2 heterocycles. The van der Waals surface area contributed by atoms with Crippen LogP contribution in [0, 0.1) is 18.6 Å². The number of aromatic nitrogens is 3. The van der Waals surface area contributed by atoms with E-state index in [2.05, 4.69) is 15.4 Å². The van der Waals surface area contributed by atoms with Crippen molar-refractivity contribution >= 4 is 11.6 Å². The average Bonchev–Trinajstić information content (AvgIpc) is 3.13. The van der Waals surface area contributed by atoms with Gasteiger partial charge >= 0.3 is 0 Å². The molecule has 6 nitrogen and oxygen atoms in total. The Morgan fingerprint density at radius 1 is 1.18 bits per heavy atom. The van der Waals surface area contributed by atoms with E-state index in [9.17, 15) is 8.78 Å². The first-order chi connectivity index (χ1) is 13.6. The van der Waals surface area contributed by atoms with Crippen molar-refractivity contribution in [1.29, 1.82) is 0 Å². The summed E-state index contributed by atoms with van der Waals surface area (Å²) in [5.41, 5.74) is 2.18. The van der Waals surface area contributed by atoms with Crippen molar-refractivity contribution in [2.75, 3.05) is 18.5 Å². The maximum absolute atomic E-state index is 13.4. The van der Waals surface area contributed by atoms with Crippen LogP contribution in [0.4, 0.5) is 20.4 Å². The molecule has 1 fully saturated rings. The first kappa shape index (κ1) is 18.4. The van der Waals surface area contributed by atoms with Gasteiger partial charge in [-0.25, -0.2) is 13.5 Å². The third-order valence-corrected chi connectivity index (χ3v) is 4.39. The second kappa shape index (κ2) is 7.93. The highest BCUT2D eigenvalue weighted by Gasteiger charge is 2.16. The molecule has 1 N–H and O–H groups in total. The molecule has 0 saturated carbocycles. The molecule has 1 aliphatic rings. The highest BCUT2D eigenvalue weighted by molar-refractivity contribution is 5.57. The Bertz CT molecular complexity index is 971. The number of nitrogens with one attached hydrogen (secondary N) is 1. The summed E-state index contributed by atoms with van der Waals surface area (Å²) in [6.45, 7) is 3.35. The van der Waals surface area contributed by atoms with Gasteiger partial charge in [-0.1, -0.05) is 0 Å². The lowest BCUT2D eigenvalue weighted by molar-refractivity contribution is 0.00744. The molecular formula is C20H20F2N4O2. The van der Waals surface area contributed by atoms with Crippen molar-refractivity contribution in [2.45, 2.75) is 25.9 Å². The van der Waals surface area contributed by atoms with E-state index in [1.807, 2.05) is 25.1 Å². The lowest BCUT2D eigenvalue weighted by atomic mass is 10.1. The molecule has 146 valence electrons. The number of aryl methyl sites for hydroxylation is 1. The Morgan fingerprint density at radius 3 is 2.86 bits per heavy atom. The quantitative estimate of drug-likeness (QED) is 0.714. The van der Waals surface area contributed by atoms with E-state index in [0.717, 1.165) is 48.6 Å². The molecule has 8 heteroatoms. The minimum Gasteiger partial charge on any atom is -0.488 e. The van der Waals surface area contributed by atoms with Crippen LogP contribution < -0.4 is 10.1 Å². The number of benzene rings is 2. The Labute approximate surface area is 161 Å². The molecule has 1 saturated heterocycles. The van der Waals surface area contributed by atoms with Gasteiger partial charge in [0, 0.05) is 24.4 Å². The lowest BCUT2D eigenvalue weighted by Crippen LogP contribution is -2.28. The molecule has 1 atom stereocenters. The molecule has 2 aromatic carbocycles. The van der Waals surface area contributed by atoms with Gasteiger partial charge in [0.05, 0.1) is 12.3 Å². The molecule has 0 radical (unpaired) electrons. The SMILES string of the molecule is Cc1cc(Nc2ncn(-c3ccc(F)c(F)c3)n2)cc(OC2CCCOC2)c1. The maximum atomic E-state index is 13.4. The molecule has 0 spiro atoms.